The highest BCUT2D eigenvalue weighted by Crippen LogP contribution is 2.42. The minimum atomic E-state index is -0.988. The van der Waals surface area contributed by atoms with Crippen LogP contribution in [0.15, 0.2) is 65.7 Å². The van der Waals surface area contributed by atoms with E-state index >= 15 is 8.78 Å². The van der Waals surface area contributed by atoms with Gasteiger partial charge in [0, 0.05) is 29.3 Å². The van der Waals surface area contributed by atoms with Crippen LogP contribution in [0.3, 0.4) is 0 Å². The summed E-state index contributed by atoms with van der Waals surface area (Å²) in [6.07, 6.45) is 0.352. The van der Waals surface area contributed by atoms with Crippen LogP contribution in [0.4, 0.5) is 14.5 Å². The Labute approximate surface area is 197 Å². The van der Waals surface area contributed by atoms with Gasteiger partial charge in [0.2, 0.25) is 0 Å². The molecule has 0 spiro atoms. The first-order valence-electron chi connectivity index (χ1n) is 10.6. The molecule has 0 fully saturated rings. The Morgan fingerprint density at radius 2 is 1.73 bits per heavy atom. The van der Waals surface area contributed by atoms with Crippen molar-refractivity contribution < 1.29 is 18.6 Å². The zero-order chi connectivity index (χ0) is 23.8. The second-order valence-corrected chi connectivity index (χ2v) is 9.11. The van der Waals surface area contributed by atoms with Crippen molar-refractivity contribution in [2.45, 2.75) is 31.9 Å². The van der Waals surface area contributed by atoms with Crippen molar-refractivity contribution in [3.63, 3.8) is 0 Å². The van der Waals surface area contributed by atoms with Crippen molar-refractivity contribution in [3.05, 3.63) is 94.0 Å². The lowest BCUT2D eigenvalue weighted by molar-refractivity contribution is 0.0624. The number of nitrogens with zero attached hydrogens (tertiary/aromatic N) is 2. The van der Waals surface area contributed by atoms with Crippen LogP contribution in [-0.4, -0.2) is 35.1 Å². The molecule has 1 atom stereocenters. The third kappa shape index (κ3) is 4.87. The van der Waals surface area contributed by atoms with Gasteiger partial charge < -0.3 is 14.7 Å². The van der Waals surface area contributed by atoms with Crippen LogP contribution in [-0.2, 0) is 0 Å². The maximum Gasteiger partial charge on any atom is 0.143 e. The molecule has 33 heavy (non-hydrogen) atoms. The molecule has 0 saturated carbocycles. The van der Waals surface area contributed by atoms with Gasteiger partial charge >= 0.3 is 0 Å². The Kier molecular flexibility index (Phi) is 6.41. The van der Waals surface area contributed by atoms with Gasteiger partial charge in [0.15, 0.2) is 0 Å². The fourth-order valence-corrected chi connectivity index (χ4v) is 4.20. The zero-order valence-electron chi connectivity index (χ0n) is 18.6. The average Bonchev–Trinajstić information content (AvgIpc) is 2.76. The van der Waals surface area contributed by atoms with E-state index in [2.05, 4.69) is 4.99 Å². The third-order valence-electron chi connectivity index (χ3n) is 5.65. The van der Waals surface area contributed by atoms with E-state index in [9.17, 15) is 5.11 Å². The van der Waals surface area contributed by atoms with Crippen LogP contribution < -0.4 is 4.74 Å². The Morgan fingerprint density at radius 3 is 2.33 bits per heavy atom. The molecule has 0 bridgehead atoms. The molecule has 3 aromatic rings. The summed E-state index contributed by atoms with van der Waals surface area (Å²) in [7, 11) is 1.35. The van der Waals surface area contributed by atoms with E-state index in [1.54, 1.807) is 26.0 Å². The molecule has 3 aromatic carbocycles. The quantitative estimate of drug-likeness (QED) is 0.461. The third-order valence-corrected chi connectivity index (χ3v) is 5.88. The van der Waals surface area contributed by atoms with Gasteiger partial charge in [-0.1, -0.05) is 41.9 Å². The lowest BCUT2D eigenvalue weighted by atomic mass is 9.91. The monoisotopic (exact) mass is 470 g/mol. The van der Waals surface area contributed by atoms with Crippen molar-refractivity contribution in [1.82, 2.24) is 4.90 Å². The van der Waals surface area contributed by atoms with Crippen LogP contribution in [0.2, 0.25) is 5.02 Å². The largest absolute Gasteiger partial charge is 0.497 e. The maximum atomic E-state index is 15.2. The van der Waals surface area contributed by atoms with Gasteiger partial charge in [0.25, 0.3) is 0 Å². The van der Waals surface area contributed by atoms with Crippen LogP contribution in [0.5, 0.6) is 5.75 Å². The van der Waals surface area contributed by atoms with Gasteiger partial charge in [-0.25, -0.2) is 13.8 Å². The molecule has 172 valence electrons. The van der Waals surface area contributed by atoms with E-state index in [-0.39, 0.29) is 17.1 Å². The number of methoxy groups -OCH3 is 1. The van der Waals surface area contributed by atoms with E-state index in [0.717, 1.165) is 23.3 Å². The normalized spacial score (nSPS) is 15.8. The predicted molar refractivity (Wildman–Crippen MR) is 126 cm³/mol. The minimum absolute atomic E-state index is 0.0833. The van der Waals surface area contributed by atoms with Gasteiger partial charge in [0.05, 0.1) is 30.0 Å². The number of amidine groups is 1. The molecule has 1 aliphatic rings. The van der Waals surface area contributed by atoms with Crippen LogP contribution in [0.25, 0.3) is 0 Å². The van der Waals surface area contributed by atoms with Crippen molar-refractivity contribution >= 4 is 23.1 Å². The van der Waals surface area contributed by atoms with Crippen molar-refractivity contribution in [1.29, 1.82) is 0 Å². The molecule has 1 aliphatic heterocycles. The Bertz CT molecular complexity index is 1170. The molecule has 1 heterocycles. The molecule has 0 saturated heterocycles. The maximum absolute atomic E-state index is 15.2. The van der Waals surface area contributed by atoms with E-state index < -0.39 is 23.3 Å². The summed E-state index contributed by atoms with van der Waals surface area (Å²) >= 11 is 6.32. The highest BCUT2D eigenvalue weighted by atomic mass is 35.5. The SMILES string of the molecule is COc1cc(F)c(C2=Nc3ccc(Cl)cc3C(c3ccccc3)N2CCC(C)(C)O)c(F)c1. The molecule has 0 aliphatic carbocycles. The van der Waals surface area contributed by atoms with Crippen molar-refractivity contribution in [2.24, 2.45) is 4.99 Å². The molecule has 0 amide bonds. The standard InChI is InChI=1S/C26H25ClF2N2O2/c1-26(2,32)11-12-31-24(16-7-5-4-6-8-16)19-13-17(27)9-10-22(19)30-25(31)23-20(28)14-18(33-3)15-21(23)29/h4-10,13-15,24,32H,11-12H2,1-3H3. The summed E-state index contributed by atoms with van der Waals surface area (Å²) in [5.74, 6) is -1.31. The molecule has 1 N–H and O–H groups in total. The fraction of sp³-hybridized carbons (Fsp3) is 0.269. The van der Waals surface area contributed by atoms with Gasteiger partial charge in [-0.3, -0.25) is 0 Å². The number of aliphatic hydroxyl groups is 1. The second kappa shape index (κ2) is 9.12. The number of halogens is 3. The molecule has 7 heteroatoms. The summed E-state index contributed by atoms with van der Waals surface area (Å²) in [6.45, 7) is 3.70. The minimum Gasteiger partial charge on any atom is -0.497 e. The summed E-state index contributed by atoms with van der Waals surface area (Å²) in [6, 6.07) is 16.8. The van der Waals surface area contributed by atoms with Crippen molar-refractivity contribution in [2.75, 3.05) is 13.7 Å². The summed E-state index contributed by atoms with van der Waals surface area (Å²) in [4.78, 5) is 6.51. The number of hydrogen-bond donors (Lipinski definition) is 1. The lowest BCUT2D eigenvalue weighted by Gasteiger charge is -2.40. The van der Waals surface area contributed by atoms with Crippen LogP contribution in [0.1, 0.15) is 43.0 Å². The molecule has 0 aromatic heterocycles. The molecule has 4 rings (SSSR count). The number of aliphatic imine (C=N–C) groups is 1. The van der Waals surface area contributed by atoms with Crippen LogP contribution >= 0.6 is 11.6 Å². The first-order chi connectivity index (χ1) is 15.7. The summed E-state index contributed by atoms with van der Waals surface area (Å²) < 4.78 is 35.4. The highest BCUT2D eigenvalue weighted by Gasteiger charge is 2.35. The van der Waals surface area contributed by atoms with Crippen molar-refractivity contribution in [3.8, 4) is 5.75 Å². The average molecular weight is 471 g/mol. The Morgan fingerprint density at radius 1 is 1.06 bits per heavy atom. The first-order valence-corrected chi connectivity index (χ1v) is 11.0. The number of fused-ring (bicyclic) bond motifs is 1. The molecule has 1 unspecified atom stereocenters. The smallest absolute Gasteiger partial charge is 0.143 e. The van der Waals surface area contributed by atoms with Gasteiger partial charge in [0.1, 0.15) is 23.2 Å². The number of ether oxygens (including phenoxy) is 1. The van der Waals surface area contributed by atoms with Gasteiger partial charge in [-0.2, -0.15) is 0 Å². The molecular weight excluding hydrogens is 446 g/mol. The highest BCUT2D eigenvalue weighted by molar-refractivity contribution is 6.30. The van der Waals surface area contributed by atoms with E-state index in [1.807, 2.05) is 41.3 Å². The van der Waals surface area contributed by atoms with Crippen LogP contribution in [0, 0.1) is 11.6 Å². The molecule has 0 radical (unpaired) electrons. The fourth-order valence-electron chi connectivity index (χ4n) is 4.02. The van der Waals surface area contributed by atoms with Gasteiger partial charge in [-0.15, -0.1) is 0 Å². The molecular formula is C26H25ClF2N2O2. The number of hydrogen-bond acceptors (Lipinski definition) is 4. The van der Waals surface area contributed by atoms with E-state index in [0.29, 0.717) is 23.7 Å². The molecule has 4 nitrogen and oxygen atoms in total. The first kappa shape index (κ1) is 23.2. The zero-order valence-corrected chi connectivity index (χ0v) is 19.4. The lowest BCUT2D eigenvalue weighted by Crippen LogP contribution is -2.42. The number of rotatable bonds is 6. The van der Waals surface area contributed by atoms with E-state index in [1.165, 1.54) is 7.11 Å². The second-order valence-electron chi connectivity index (χ2n) is 8.67. The Balaban J connectivity index is 1.96. The van der Waals surface area contributed by atoms with E-state index in [4.69, 9.17) is 16.3 Å². The summed E-state index contributed by atoms with van der Waals surface area (Å²) in [5, 5.41) is 11.0. The number of benzene rings is 3. The topological polar surface area (TPSA) is 45.1 Å². The Hall–Kier alpha value is -2.96. The summed E-state index contributed by atoms with van der Waals surface area (Å²) in [5.41, 5.74) is 1.09. The predicted octanol–water partition coefficient (Wildman–Crippen LogP) is 6.27. The van der Waals surface area contributed by atoms with Gasteiger partial charge in [-0.05, 0) is 44.0 Å².